The van der Waals surface area contributed by atoms with Gasteiger partial charge in [0.15, 0.2) is 0 Å². The fourth-order valence-electron chi connectivity index (χ4n) is 4.50. The maximum atomic E-state index is 11.6. The van der Waals surface area contributed by atoms with E-state index < -0.39 is 5.97 Å². The average molecular weight is 284 g/mol. The van der Waals surface area contributed by atoms with E-state index in [1.54, 1.807) is 12.1 Å². The Balaban J connectivity index is 1.95. The van der Waals surface area contributed by atoms with Crippen LogP contribution in [0.2, 0.25) is 0 Å². The van der Waals surface area contributed by atoms with Crippen LogP contribution in [0.1, 0.15) is 54.8 Å². The van der Waals surface area contributed by atoms with Gasteiger partial charge in [0.2, 0.25) is 0 Å². The Morgan fingerprint density at radius 2 is 2.24 bits per heavy atom. The molecule has 1 heterocycles. The van der Waals surface area contributed by atoms with E-state index in [-0.39, 0.29) is 0 Å². The number of carbonyl (C=O) groups is 1. The van der Waals surface area contributed by atoms with Crippen molar-refractivity contribution in [3.05, 3.63) is 29.6 Å². The van der Waals surface area contributed by atoms with E-state index in [0.29, 0.717) is 17.5 Å². The lowest BCUT2D eigenvalue weighted by Crippen LogP contribution is -2.19. The molecule has 4 nitrogen and oxygen atoms in total. The number of para-hydroxylation sites is 1. The predicted octanol–water partition coefficient (Wildman–Crippen LogP) is 3.66. The van der Waals surface area contributed by atoms with E-state index in [4.69, 9.17) is 4.98 Å². The normalized spacial score (nSPS) is 27.6. The van der Waals surface area contributed by atoms with E-state index in [2.05, 4.69) is 11.5 Å². The summed E-state index contributed by atoms with van der Waals surface area (Å²) in [6.45, 7) is 2.10. The summed E-state index contributed by atoms with van der Waals surface area (Å²) >= 11 is 0. The molecule has 3 atom stereocenters. The van der Waals surface area contributed by atoms with Crippen LogP contribution < -0.4 is 0 Å². The average Bonchev–Trinajstić information content (AvgIpc) is 3.18. The molecule has 2 fully saturated rings. The minimum atomic E-state index is -0.854. The van der Waals surface area contributed by atoms with Crippen LogP contribution >= 0.6 is 0 Å². The second kappa shape index (κ2) is 4.58. The molecule has 3 unspecified atom stereocenters. The van der Waals surface area contributed by atoms with Gasteiger partial charge >= 0.3 is 5.97 Å². The minimum Gasteiger partial charge on any atom is -0.478 e. The first kappa shape index (κ1) is 12.9. The number of aromatic nitrogens is 2. The summed E-state index contributed by atoms with van der Waals surface area (Å²) < 4.78 is 2.27. The lowest BCUT2D eigenvalue weighted by atomic mass is 9.94. The highest BCUT2D eigenvalue weighted by atomic mass is 16.4. The van der Waals surface area contributed by atoms with E-state index in [0.717, 1.165) is 29.2 Å². The lowest BCUT2D eigenvalue weighted by molar-refractivity contribution is 0.0698. The first-order valence-electron chi connectivity index (χ1n) is 7.92. The van der Waals surface area contributed by atoms with Crippen molar-refractivity contribution < 1.29 is 9.90 Å². The molecule has 4 heteroatoms. The van der Waals surface area contributed by atoms with Crippen molar-refractivity contribution in [2.24, 2.45) is 11.8 Å². The Bertz CT molecular complexity index is 719. The van der Waals surface area contributed by atoms with Crippen LogP contribution in [0.15, 0.2) is 18.2 Å². The van der Waals surface area contributed by atoms with Gasteiger partial charge in [-0.1, -0.05) is 19.4 Å². The molecule has 0 radical (unpaired) electrons. The molecule has 110 valence electrons. The quantitative estimate of drug-likeness (QED) is 0.935. The predicted molar refractivity (Wildman–Crippen MR) is 80.6 cm³/mol. The third-order valence-corrected chi connectivity index (χ3v) is 5.36. The maximum Gasteiger partial charge on any atom is 0.337 e. The second-order valence-electron chi connectivity index (χ2n) is 6.47. The minimum absolute atomic E-state index is 0.391. The highest BCUT2D eigenvalue weighted by Gasteiger charge is 2.41. The van der Waals surface area contributed by atoms with Crippen LogP contribution in [0, 0.1) is 11.8 Å². The fraction of sp³-hybridized carbons (Fsp3) is 0.529. The highest BCUT2D eigenvalue weighted by molar-refractivity contribution is 6.01. The smallest absolute Gasteiger partial charge is 0.337 e. The van der Waals surface area contributed by atoms with Crippen molar-refractivity contribution in [1.82, 2.24) is 9.55 Å². The molecule has 0 saturated heterocycles. The van der Waals surface area contributed by atoms with Gasteiger partial charge in [0, 0.05) is 12.5 Å². The number of aromatic carboxylic acids is 1. The van der Waals surface area contributed by atoms with Gasteiger partial charge in [-0.3, -0.25) is 0 Å². The molecule has 1 N–H and O–H groups in total. The van der Waals surface area contributed by atoms with Crippen LogP contribution in [0.25, 0.3) is 11.0 Å². The van der Waals surface area contributed by atoms with E-state index in [1.165, 1.54) is 25.7 Å². The third kappa shape index (κ3) is 1.81. The Hall–Kier alpha value is -1.84. The summed E-state index contributed by atoms with van der Waals surface area (Å²) in [5.74, 6) is 1.72. The molecule has 0 amide bonds. The summed E-state index contributed by atoms with van der Waals surface area (Å²) in [7, 11) is 0. The molecule has 2 saturated carbocycles. The molecule has 21 heavy (non-hydrogen) atoms. The number of benzene rings is 1. The number of fused-ring (bicyclic) bond motifs is 3. The van der Waals surface area contributed by atoms with E-state index in [1.807, 2.05) is 6.07 Å². The number of hydrogen-bond acceptors (Lipinski definition) is 2. The first-order valence-corrected chi connectivity index (χ1v) is 7.92. The van der Waals surface area contributed by atoms with Crippen LogP contribution in [0.5, 0.6) is 0 Å². The Morgan fingerprint density at radius 1 is 1.38 bits per heavy atom. The van der Waals surface area contributed by atoms with Crippen LogP contribution in [0.3, 0.4) is 0 Å². The largest absolute Gasteiger partial charge is 0.478 e. The standard InChI is InChI=1S/C17H20N2O2/c1-2-15-18-13-5-3-4-12(17(20)21)16(13)19(15)14-9-10-6-7-11(14)8-10/h3-5,10-11,14H,2,6-9H2,1H3,(H,20,21). The molecule has 0 spiro atoms. The summed E-state index contributed by atoms with van der Waals surface area (Å²) in [6.07, 6.45) is 5.98. The maximum absolute atomic E-state index is 11.6. The first-order chi connectivity index (χ1) is 10.2. The van der Waals surface area contributed by atoms with Crippen molar-refractivity contribution in [2.75, 3.05) is 0 Å². The second-order valence-corrected chi connectivity index (χ2v) is 6.47. The van der Waals surface area contributed by atoms with Gasteiger partial charge < -0.3 is 9.67 Å². The highest BCUT2D eigenvalue weighted by Crippen LogP contribution is 2.51. The van der Waals surface area contributed by atoms with E-state index in [9.17, 15) is 9.90 Å². The number of aryl methyl sites for hydroxylation is 1. The number of hydrogen-bond donors (Lipinski definition) is 1. The molecule has 1 aromatic carbocycles. The molecular weight excluding hydrogens is 264 g/mol. The van der Waals surface area contributed by atoms with Gasteiger partial charge in [0.25, 0.3) is 0 Å². The van der Waals surface area contributed by atoms with Gasteiger partial charge in [-0.2, -0.15) is 0 Å². The van der Waals surface area contributed by atoms with Crippen molar-refractivity contribution in [2.45, 2.75) is 45.1 Å². The van der Waals surface area contributed by atoms with E-state index >= 15 is 0 Å². The molecule has 2 aliphatic carbocycles. The van der Waals surface area contributed by atoms with Gasteiger partial charge in [0.05, 0.1) is 16.6 Å². The van der Waals surface area contributed by atoms with Gasteiger partial charge in [-0.05, 0) is 43.2 Å². The number of nitrogens with zero attached hydrogens (tertiary/aromatic N) is 2. The summed E-state index contributed by atoms with van der Waals surface area (Å²) in [4.78, 5) is 16.3. The molecule has 1 aromatic heterocycles. The lowest BCUT2D eigenvalue weighted by Gasteiger charge is -2.26. The number of carboxylic acid groups (broad SMARTS) is 1. The summed E-state index contributed by atoms with van der Waals surface area (Å²) in [5.41, 5.74) is 2.05. The Labute approximate surface area is 123 Å². The van der Waals surface area contributed by atoms with Crippen molar-refractivity contribution in [3.63, 3.8) is 0 Å². The zero-order valence-electron chi connectivity index (χ0n) is 12.2. The number of carboxylic acids is 1. The number of rotatable bonds is 3. The van der Waals surface area contributed by atoms with Crippen molar-refractivity contribution >= 4 is 17.0 Å². The summed E-state index contributed by atoms with van der Waals surface area (Å²) in [5, 5.41) is 9.52. The SMILES string of the molecule is CCc1nc2cccc(C(=O)O)c2n1C1CC2CCC1C2. The van der Waals surface area contributed by atoms with Crippen LogP contribution in [0.4, 0.5) is 0 Å². The monoisotopic (exact) mass is 284 g/mol. The Morgan fingerprint density at radius 3 is 2.86 bits per heavy atom. The van der Waals surface area contributed by atoms with Crippen LogP contribution in [-0.4, -0.2) is 20.6 Å². The Kier molecular flexibility index (Phi) is 2.81. The molecular formula is C17H20N2O2. The summed E-state index contributed by atoms with van der Waals surface area (Å²) in [6, 6.07) is 5.88. The van der Waals surface area contributed by atoms with Gasteiger partial charge in [-0.15, -0.1) is 0 Å². The molecule has 0 aliphatic heterocycles. The molecule has 2 bridgehead atoms. The van der Waals surface area contributed by atoms with Gasteiger partial charge in [-0.25, -0.2) is 9.78 Å². The molecule has 2 aromatic rings. The molecule has 4 rings (SSSR count). The van der Waals surface area contributed by atoms with Crippen LogP contribution in [-0.2, 0) is 6.42 Å². The third-order valence-electron chi connectivity index (χ3n) is 5.36. The van der Waals surface area contributed by atoms with Crippen molar-refractivity contribution in [3.8, 4) is 0 Å². The topological polar surface area (TPSA) is 55.1 Å². The van der Waals surface area contributed by atoms with Crippen molar-refractivity contribution in [1.29, 1.82) is 0 Å². The zero-order chi connectivity index (χ0) is 14.6. The fourth-order valence-corrected chi connectivity index (χ4v) is 4.50. The van der Waals surface area contributed by atoms with Gasteiger partial charge in [0.1, 0.15) is 5.82 Å². The molecule has 2 aliphatic rings. The zero-order valence-corrected chi connectivity index (χ0v) is 12.2. The number of imidazole rings is 1.